The Morgan fingerprint density at radius 1 is 0.929 bits per heavy atom. The minimum Gasteiger partial charge on any atom is -0.324 e. The molecule has 6 heteroatoms. The molecule has 0 aliphatic carbocycles. The number of thiazole rings is 1. The first-order chi connectivity index (χ1) is 13.8. The zero-order valence-electron chi connectivity index (χ0n) is 14.8. The van der Waals surface area contributed by atoms with Crippen LogP contribution < -0.4 is 5.32 Å². The van der Waals surface area contributed by atoms with Gasteiger partial charge < -0.3 is 9.88 Å². The van der Waals surface area contributed by atoms with Crippen molar-refractivity contribution in [3.05, 3.63) is 96.4 Å². The van der Waals surface area contributed by atoms with Gasteiger partial charge in [0, 0.05) is 52.7 Å². The maximum atomic E-state index is 12.5. The van der Waals surface area contributed by atoms with Gasteiger partial charge in [0.2, 0.25) is 0 Å². The van der Waals surface area contributed by atoms with E-state index in [2.05, 4.69) is 10.3 Å². The normalized spacial score (nSPS) is 11.0. The summed E-state index contributed by atoms with van der Waals surface area (Å²) in [5.41, 5.74) is 4.33. The molecule has 3 aromatic heterocycles. The molecule has 1 N–H and O–H groups in total. The number of hydrogen-bond donors (Lipinski definition) is 1. The molecule has 0 bridgehead atoms. The number of benzene rings is 2. The maximum absolute atomic E-state index is 12.5. The van der Waals surface area contributed by atoms with Crippen LogP contribution in [0.4, 0.5) is 5.69 Å². The number of fused-ring (bicyclic) bond motifs is 1. The molecule has 0 saturated carbocycles. The number of rotatable bonds is 4. The van der Waals surface area contributed by atoms with E-state index < -0.39 is 0 Å². The molecule has 3 heterocycles. The molecule has 5 aromatic rings. The molecule has 0 unspecified atom stereocenters. The second-order valence-corrected chi connectivity index (χ2v) is 7.26. The molecule has 5 rings (SSSR count). The molecule has 0 saturated heterocycles. The topological polar surface area (TPSA) is 51.3 Å². The van der Waals surface area contributed by atoms with E-state index in [9.17, 15) is 4.79 Å². The summed E-state index contributed by atoms with van der Waals surface area (Å²) in [6, 6.07) is 19.2. The number of anilines is 1. The molecule has 0 atom stereocenters. The van der Waals surface area contributed by atoms with Crippen molar-refractivity contribution in [1.29, 1.82) is 0 Å². The van der Waals surface area contributed by atoms with E-state index in [1.165, 1.54) is 0 Å². The number of carbonyl (C=O) groups excluding carboxylic acids is 1. The van der Waals surface area contributed by atoms with Crippen molar-refractivity contribution in [3.8, 4) is 16.9 Å². The highest BCUT2D eigenvalue weighted by molar-refractivity contribution is 7.15. The summed E-state index contributed by atoms with van der Waals surface area (Å²) in [6.07, 6.45) is 7.94. The van der Waals surface area contributed by atoms with Crippen LogP contribution in [0.15, 0.2) is 90.8 Å². The molecule has 2 aromatic carbocycles. The van der Waals surface area contributed by atoms with Gasteiger partial charge in [-0.15, -0.1) is 11.3 Å². The van der Waals surface area contributed by atoms with E-state index in [0.717, 1.165) is 27.6 Å². The molecular formula is C22H16N4OS. The first-order valence-electron chi connectivity index (χ1n) is 8.84. The third-order valence-corrected chi connectivity index (χ3v) is 5.33. The zero-order valence-corrected chi connectivity index (χ0v) is 15.6. The van der Waals surface area contributed by atoms with Crippen molar-refractivity contribution in [2.24, 2.45) is 0 Å². The molecule has 0 radical (unpaired) electrons. The Morgan fingerprint density at radius 2 is 1.68 bits per heavy atom. The van der Waals surface area contributed by atoms with E-state index in [-0.39, 0.29) is 5.91 Å². The summed E-state index contributed by atoms with van der Waals surface area (Å²) in [6.45, 7) is 0. The number of imidazole rings is 1. The number of carbonyl (C=O) groups is 1. The summed E-state index contributed by atoms with van der Waals surface area (Å²) < 4.78 is 4.01. The molecule has 0 aliphatic rings. The van der Waals surface area contributed by atoms with Crippen molar-refractivity contribution < 1.29 is 4.79 Å². The van der Waals surface area contributed by atoms with Crippen LogP contribution in [0.2, 0.25) is 0 Å². The Morgan fingerprint density at radius 3 is 2.39 bits per heavy atom. The Hall–Kier alpha value is -3.64. The molecular weight excluding hydrogens is 368 g/mol. The van der Waals surface area contributed by atoms with Gasteiger partial charge in [-0.2, -0.15) is 0 Å². The SMILES string of the molecule is O=C(Nc1ccc(-c2cn3ccsc3n2)cc1)c1ccc(-n2cccc2)cc1. The summed E-state index contributed by atoms with van der Waals surface area (Å²) in [5.74, 6) is -0.130. The fourth-order valence-corrected chi connectivity index (χ4v) is 3.79. The maximum Gasteiger partial charge on any atom is 0.255 e. The highest BCUT2D eigenvalue weighted by Crippen LogP contribution is 2.23. The van der Waals surface area contributed by atoms with Crippen LogP contribution in [0.5, 0.6) is 0 Å². The lowest BCUT2D eigenvalue weighted by molar-refractivity contribution is 0.102. The van der Waals surface area contributed by atoms with E-state index in [0.29, 0.717) is 5.56 Å². The molecule has 28 heavy (non-hydrogen) atoms. The molecule has 0 spiro atoms. The van der Waals surface area contributed by atoms with Crippen LogP contribution in [0, 0.1) is 0 Å². The Labute approximate surface area is 165 Å². The Kier molecular flexibility index (Phi) is 4.03. The van der Waals surface area contributed by atoms with Crippen molar-refractivity contribution in [3.63, 3.8) is 0 Å². The summed E-state index contributed by atoms with van der Waals surface area (Å²) in [5, 5.41) is 4.95. The first-order valence-corrected chi connectivity index (χ1v) is 9.72. The highest BCUT2D eigenvalue weighted by Gasteiger charge is 2.08. The van der Waals surface area contributed by atoms with E-state index in [4.69, 9.17) is 0 Å². The van der Waals surface area contributed by atoms with E-state index in [1.54, 1.807) is 11.3 Å². The quantitative estimate of drug-likeness (QED) is 0.468. The Bertz CT molecular complexity index is 1200. The molecule has 1 amide bonds. The third-order valence-electron chi connectivity index (χ3n) is 4.56. The smallest absolute Gasteiger partial charge is 0.255 e. The fourth-order valence-electron chi connectivity index (χ4n) is 3.09. The standard InChI is InChI=1S/C22H16N4OS/c27-21(17-5-9-19(10-6-17)25-11-1-2-12-25)23-18-7-3-16(4-8-18)20-15-26-13-14-28-22(26)24-20/h1-15H,(H,23,27). The predicted octanol–water partition coefficient (Wildman–Crippen LogP) is 5.11. The number of nitrogens with zero attached hydrogens (tertiary/aromatic N) is 3. The van der Waals surface area contributed by atoms with Crippen molar-refractivity contribution in [2.45, 2.75) is 0 Å². The summed E-state index contributed by atoms with van der Waals surface area (Å²) in [7, 11) is 0. The molecule has 0 fully saturated rings. The predicted molar refractivity (Wildman–Crippen MR) is 112 cm³/mol. The first kappa shape index (κ1) is 16.5. The van der Waals surface area contributed by atoms with Crippen LogP contribution in [0.3, 0.4) is 0 Å². The van der Waals surface area contributed by atoms with Crippen LogP contribution in [-0.2, 0) is 0 Å². The van der Waals surface area contributed by atoms with Crippen LogP contribution >= 0.6 is 11.3 Å². The van der Waals surface area contributed by atoms with Gasteiger partial charge in [-0.25, -0.2) is 4.98 Å². The van der Waals surface area contributed by atoms with Crippen molar-refractivity contribution in [2.75, 3.05) is 5.32 Å². The third kappa shape index (κ3) is 3.10. The number of nitrogens with one attached hydrogen (secondary N) is 1. The van der Waals surface area contributed by atoms with Gasteiger partial charge in [-0.3, -0.25) is 9.20 Å². The molecule has 0 aliphatic heterocycles. The lowest BCUT2D eigenvalue weighted by Gasteiger charge is -2.07. The van der Waals surface area contributed by atoms with E-state index in [1.807, 2.05) is 99.8 Å². The largest absolute Gasteiger partial charge is 0.324 e. The molecule has 5 nitrogen and oxygen atoms in total. The van der Waals surface area contributed by atoms with Crippen LogP contribution in [0.25, 0.3) is 21.9 Å². The number of hydrogen-bond acceptors (Lipinski definition) is 3. The Balaban J connectivity index is 1.30. The van der Waals surface area contributed by atoms with Gasteiger partial charge in [-0.1, -0.05) is 12.1 Å². The average molecular weight is 384 g/mol. The van der Waals surface area contributed by atoms with Gasteiger partial charge in [0.25, 0.3) is 5.91 Å². The summed E-state index contributed by atoms with van der Waals surface area (Å²) in [4.78, 5) is 18.1. The lowest BCUT2D eigenvalue weighted by Crippen LogP contribution is -2.11. The monoisotopic (exact) mass is 384 g/mol. The second-order valence-electron chi connectivity index (χ2n) is 6.39. The summed E-state index contributed by atoms with van der Waals surface area (Å²) >= 11 is 1.61. The average Bonchev–Trinajstić information content (AvgIpc) is 3.46. The van der Waals surface area contributed by atoms with Crippen LogP contribution in [0.1, 0.15) is 10.4 Å². The second kappa shape index (κ2) is 6.83. The molecule has 136 valence electrons. The van der Waals surface area contributed by atoms with Gasteiger partial charge in [-0.05, 0) is 48.5 Å². The van der Waals surface area contributed by atoms with Gasteiger partial charge >= 0.3 is 0 Å². The minimum absolute atomic E-state index is 0.130. The highest BCUT2D eigenvalue weighted by atomic mass is 32.1. The minimum atomic E-state index is -0.130. The fraction of sp³-hybridized carbons (Fsp3) is 0. The van der Waals surface area contributed by atoms with Gasteiger partial charge in [0.05, 0.1) is 5.69 Å². The lowest BCUT2D eigenvalue weighted by atomic mass is 10.1. The number of aromatic nitrogens is 3. The zero-order chi connectivity index (χ0) is 18.9. The number of amides is 1. The van der Waals surface area contributed by atoms with Gasteiger partial charge in [0.15, 0.2) is 4.96 Å². The van der Waals surface area contributed by atoms with E-state index >= 15 is 0 Å². The van der Waals surface area contributed by atoms with Gasteiger partial charge in [0.1, 0.15) is 0 Å². The van der Waals surface area contributed by atoms with Crippen molar-refractivity contribution >= 4 is 27.9 Å². The van der Waals surface area contributed by atoms with Crippen molar-refractivity contribution in [1.82, 2.24) is 14.0 Å². The van der Waals surface area contributed by atoms with Crippen LogP contribution in [-0.4, -0.2) is 19.9 Å².